The zero-order valence-corrected chi connectivity index (χ0v) is 37.7. The largest absolute Gasteiger partial charge is 0.481 e. The summed E-state index contributed by atoms with van der Waals surface area (Å²) in [7, 11) is 2.07. The quantitative estimate of drug-likeness (QED) is 0.220. The lowest BCUT2D eigenvalue weighted by atomic mass is 9.29. The Balaban J connectivity index is 1.34. The molecule has 1 aromatic carbocycles. The number of aliphatic carboxylic acids is 1. The molecule has 4 saturated carbocycles. The van der Waals surface area contributed by atoms with E-state index < -0.39 is 28.9 Å². The van der Waals surface area contributed by atoms with Crippen molar-refractivity contribution in [1.82, 2.24) is 4.90 Å². The molecule has 0 spiro atoms. The second-order valence-corrected chi connectivity index (χ2v) is 22.0. The number of likely N-dealkylation sites (N-methyl/N-ethyl adjacent to an activating group) is 1. The number of carbonyl (C=O) groups excluding carboxylic acids is 3. The lowest BCUT2D eigenvalue weighted by Crippen LogP contribution is -2.69. The molecule has 1 N–H and O–H groups in total. The topological polar surface area (TPSA) is 110 Å². The van der Waals surface area contributed by atoms with E-state index in [-0.39, 0.29) is 57.3 Å². The first-order valence-corrected chi connectivity index (χ1v) is 22.0. The summed E-state index contributed by atoms with van der Waals surface area (Å²) >= 11 is 6.20. The monoisotopic (exact) mass is 807 g/mol. The minimum absolute atomic E-state index is 0.0179. The van der Waals surface area contributed by atoms with Crippen molar-refractivity contribution in [3.05, 3.63) is 46.0 Å². The van der Waals surface area contributed by atoms with Gasteiger partial charge < -0.3 is 14.6 Å². The van der Waals surface area contributed by atoms with Crippen molar-refractivity contribution < 1.29 is 33.8 Å². The summed E-state index contributed by atoms with van der Waals surface area (Å²) in [6.07, 6.45) is 7.00. The Labute approximate surface area is 347 Å². The number of allylic oxidation sites excluding steroid dienone is 1. The number of carboxylic acids is 1. The maximum atomic E-state index is 14.5. The highest BCUT2D eigenvalue weighted by molar-refractivity contribution is 6.30. The average Bonchev–Trinajstić information content (AvgIpc) is 3.42. The van der Waals surface area contributed by atoms with Crippen molar-refractivity contribution in [1.29, 1.82) is 0 Å². The highest BCUT2D eigenvalue weighted by Crippen LogP contribution is 2.80. The fourth-order valence-electron chi connectivity index (χ4n) is 14.2. The van der Waals surface area contributed by atoms with E-state index in [0.717, 1.165) is 62.5 Å². The maximum absolute atomic E-state index is 14.5. The van der Waals surface area contributed by atoms with Crippen LogP contribution >= 0.6 is 11.6 Å². The molecule has 0 aromatic heterocycles. The Bertz CT molecular complexity index is 1820. The molecule has 0 amide bonds. The van der Waals surface area contributed by atoms with Crippen LogP contribution in [-0.4, -0.2) is 59.5 Å². The average molecular weight is 809 g/mol. The van der Waals surface area contributed by atoms with Crippen LogP contribution in [0.4, 0.5) is 0 Å². The highest BCUT2D eigenvalue weighted by atomic mass is 35.5. The van der Waals surface area contributed by atoms with Crippen LogP contribution in [0.2, 0.25) is 5.02 Å². The van der Waals surface area contributed by atoms with Crippen molar-refractivity contribution in [2.45, 2.75) is 159 Å². The number of hydrogen-bond donors (Lipinski definition) is 1. The molecule has 0 aliphatic heterocycles. The summed E-state index contributed by atoms with van der Waals surface area (Å²) in [5.74, 6) is -0.703. The van der Waals surface area contributed by atoms with Gasteiger partial charge in [0.25, 0.3) is 0 Å². The fraction of sp³-hybridized carbons (Fsp3) is 0.750. The number of ketones is 1. The molecule has 0 radical (unpaired) electrons. The molecule has 0 heterocycles. The smallest absolute Gasteiger partial charge is 0.309 e. The molecule has 8 nitrogen and oxygen atoms in total. The van der Waals surface area contributed by atoms with Gasteiger partial charge in [0.05, 0.1) is 11.8 Å². The number of nitrogens with zero attached hydrogens (tertiary/aromatic N) is 1. The Morgan fingerprint density at radius 1 is 0.930 bits per heavy atom. The Kier molecular flexibility index (Phi) is 11.4. The lowest BCUT2D eigenvalue weighted by molar-refractivity contribution is -0.252. The molecule has 9 heteroatoms. The van der Waals surface area contributed by atoms with Crippen molar-refractivity contribution in [3.8, 4) is 0 Å². The Hall–Kier alpha value is -2.71. The third-order valence-electron chi connectivity index (χ3n) is 17.3. The highest BCUT2D eigenvalue weighted by Gasteiger charge is 2.74. The first-order valence-electron chi connectivity index (χ1n) is 21.6. The SMILES string of the molecule is CC(=O)O[C@@H](CN(C)Cc1ccc(Cl)cc1)[C@@]12CC[C@]3(C)[C@](C)(CC[C@@H]4[C@@]5(C)CC[C@H](OC(=O)CC(C)(C)C(=O)O)C(C)(C)[C@@H]5CC[C@]43C)C1=C(C(C)C)C(=O)C2. The molecule has 57 heavy (non-hydrogen) atoms. The number of carbonyl (C=O) groups is 4. The maximum Gasteiger partial charge on any atom is 0.309 e. The van der Waals surface area contributed by atoms with Crippen molar-refractivity contribution in [3.63, 3.8) is 0 Å². The molecule has 0 saturated heterocycles. The molecular weight excluding hydrogens is 738 g/mol. The zero-order valence-electron chi connectivity index (χ0n) is 36.9. The van der Waals surface area contributed by atoms with Gasteiger partial charge >= 0.3 is 17.9 Å². The van der Waals surface area contributed by atoms with Crippen molar-refractivity contribution in [2.75, 3.05) is 13.6 Å². The molecule has 9 atom stereocenters. The van der Waals surface area contributed by atoms with Gasteiger partial charge in [0.15, 0.2) is 5.78 Å². The number of ether oxygens (including phenoxy) is 2. The van der Waals surface area contributed by atoms with Crippen molar-refractivity contribution in [2.24, 2.45) is 55.7 Å². The van der Waals surface area contributed by atoms with Crippen LogP contribution < -0.4 is 0 Å². The molecule has 5 aliphatic rings. The number of rotatable bonds is 11. The van der Waals surface area contributed by atoms with E-state index >= 15 is 0 Å². The van der Waals surface area contributed by atoms with Gasteiger partial charge in [-0.2, -0.15) is 0 Å². The van der Waals surface area contributed by atoms with Crippen LogP contribution in [0.25, 0.3) is 0 Å². The third-order valence-corrected chi connectivity index (χ3v) is 17.6. The van der Waals surface area contributed by atoms with E-state index in [1.165, 1.54) is 12.5 Å². The van der Waals surface area contributed by atoms with Gasteiger partial charge in [0.2, 0.25) is 0 Å². The second-order valence-electron chi connectivity index (χ2n) is 21.6. The number of esters is 2. The van der Waals surface area contributed by atoms with Crippen molar-refractivity contribution >= 4 is 35.3 Å². The van der Waals surface area contributed by atoms with Gasteiger partial charge in [-0.1, -0.05) is 79.1 Å². The fourth-order valence-corrected chi connectivity index (χ4v) is 14.3. The van der Waals surface area contributed by atoms with Crippen LogP contribution in [0.1, 0.15) is 146 Å². The summed E-state index contributed by atoms with van der Waals surface area (Å²) in [5, 5.41) is 10.4. The zero-order chi connectivity index (χ0) is 42.3. The van der Waals surface area contributed by atoms with E-state index in [1.54, 1.807) is 13.8 Å². The molecule has 5 aliphatic carbocycles. The summed E-state index contributed by atoms with van der Waals surface area (Å²) in [6, 6.07) is 7.87. The molecular formula is C48H70ClNO7. The number of hydrogen-bond acceptors (Lipinski definition) is 7. The van der Waals surface area contributed by atoms with Gasteiger partial charge in [-0.05, 0) is 141 Å². The summed E-state index contributed by atoms with van der Waals surface area (Å²) in [6.45, 7) is 24.8. The van der Waals surface area contributed by atoms with Crippen LogP contribution in [0.3, 0.4) is 0 Å². The summed E-state index contributed by atoms with van der Waals surface area (Å²) in [4.78, 5) is 54.7. The molecule has 316 valence electrons. The van der Waals surface area contributed by atoms with Gasteiger partial charge in [-0.3, -0.25) is 24.1 Å². The Morgan fingerprint density at radius 2 is 1.56 bits per heavy atom. The van der Waals surface area contributed by atoms with E-state index in [1.807, 2.05) is 24.3 Å². The third kappa shape index (κ3) is 6.92. The van der Waals surface area contributed by atoms with Gasteiger partial charge in [-0.25, -0.2) is 0 Å². The molecule has 4 fully saturated rings. The number of benzene rings is 1. The Morgan fingerprint density at radius 3 is 2.16 bits per heavy atom. The van der Waals surface area contributed by atoms with Crippen LogP contribution in [0.5, 0.6) is 0 Å². The number of Topliss-reactive ketones (excluding diaryl/α,β-unsaturated/α-hetero) is 1. The van der Waals surface area contributed by atoms with E-state index in [2.05, 4.69) is 67.3 Å². The predicted octanol–water partition coefficient (Wildman–Crippen LogP) is 10.5. The minimum Gasteiger partial charge on any atom is -0.481 e. The van der Waals surface area contributed by atoms with E-state index in [9.17, 15) is 24.3 Å². The first kappa shape index (κ1) is 43.9. The van der Waals surface area contributed by atoms with Crippen LogP contribution in [-0.2, 0) is 35.2 Å². The van der Waals surface area contributed by atoms with Gasteiger partial charge in [-0.15, -0.1) is 0 Å². The van der Waals surface area contributed by atoms with Gasteiger partial charge in [0, 0.05) is 42.3 Å². The van der Waals surface area contributed by atoms with E-state index in [0.29, 0.717) is 36.4 Å². The lowest BCUT2D eigenvalue weighted by Gasteiger charge is -2.75. The molecule has 0 bridgehead atoms. The predicted molar refractivity (Wildman–Crippen MR) is 223 cm³/mol. The standard InChI is InChI=1S/C48H70ClNO7/c1-29(2)39-33(52)25-48(37(56-30(3)51)28-50(12)27-31-13-15-32(49)16-14-31)24-23-47(11)45(9)21-17-34-43(6,7)36(57-38(53)26-42(4,5)41(54)55)19-20-44(34,8)35(45)18-22-46(47,10)40(39)48/h13-16,29,34-37H,17-28H2,1-12H3,(H,54,55)/t34-,35+,36-,37-,44-,45+,46+,47-,48-/m0/s1. The van der Waals surface area contributed by atoms with Gasteiger partial charge in [0.1, 0.15) is 12.2 Å². The molecule has 0 unspecified atom stereocenters. The number of fused-ring (bicyclic) bond motifs is 7. The summed E-state index contributed by atoms with van der Waals surface area (Å²) in [5.41, 5.74) is 0.937. The number of carboxylic acid groups (broad SMARTS) is 1. The normalized spacial score (nSPS) is 36.5. The number of halogens is 1. The van der Waals surface area contributed by atoms with Crippen LogP contribution in [0.15, 0.2) is 35.4 Å². The van der Waals surface area contributed by atoms with Crippen LogP contribution in [0, 0.1) is 55.7 Å². The first-order chi connectivity index (χ1) is 26.3. The molecule has 6 rings (SSSR count). The summed E-state index contributed by atoms with van der Waals surface area (Å²) < 4.78 is 12.6. The minimum atomic E-state index is -1.18. The second kappa shape index (κ2) is 14.8. The van der Waals surface area contributed by atoms with E-state index in [4.69, 9.17) is 21.1 Å². The molecule has 1 aromatic rings.